The van der Waals surface area contributed by atoms with Gasteiger partial charge in [0.2, 0.25) is 0 Å². The van der Waals surface area contributed by atoms with Crippen LogP contribution in [-0.2, 0) is 19.5 Å². The number of aliphatic imine (C=N–C) groups is 1. The van der Waals surface area contributed by atoms with Gasteiger partial charge in [-0.1, -0.05) is 0 Å². The van der Waals surface area contributed by atoms with Crippen LogP contribution >= 0.6 is 11.8 Å². The second kappa shape index (κ2) is 3.82. The summed E-state index contributed by atoms with van der Waals surface area (Å²) in [4.78, 5) is 3.80. The molecule has 0 saturated carbocycles. The first-order valence-electron chi connectivity index (χ1n) is 1.53. The van der Waals surface area contributed by atoms with E-state index >= 15 is 0 Å². The second-order valence-corrected chi connectivity index (χ2v) is 1.70. The zero-order valence-electron chi connectivity index (χ0n) is 3.48. The molecule has 1 aliphatic rings. The molecular formula is C3H4NSZn. The molecule has 3 heteroatoms. The standard InChI is InChI=1S/C3H4NS.Zn/c1-2-5-3-4-1;/h1-2H2;. The Morgan fingerprint density at radius 1 is 1.67 bits per heavy atom. The minimum absolute atomic E-state index is 0. The number of thioether (sulfide) groups is 1. The average molecular weight is 152 g/mol. The molecule has 0 N–H and O–H groups in total. The summed E-state index contributed by atoms with van der Waals surface area (Å²) in [7, 11) is 0. The largest absolute Gasteiger partial charge is 0.275 e. The molecule has 0 spiro atoms. The molecule has 0 saturated heterocycles. The van der Waals surface area contributed by atoms with Crippen LogP contribution in [0.25, 0.3) is 0 Å². The summed E-state index contributed by atoms with van der Waals surface area (Å²) < 4.78 is 0. The van der Waals surface area contributed by atoms with Gasteiger partial charge in [0.25, 0.3) is 0 Å². The molecule has 29 valence electrons. The fourth-order valence-corrected chi connectivity index (χ4v) is 0.685. The molecule has 1 radical (unpaired) electrons. The first kappa shape index (κ1) is 6.64. The van der Waals surface area contributed by atoms with E-state index in [1.807, 2.05) is 0 Å². The van der Waals surface area contributed by atoms with E-state index in [0.717, 1.165) is 12.3 Å². The quantitative estimate of drug-likeness (QED) is 0.463. The Labute approximate surface area is 54.4 Å². The van der Waals surface area contributed by atoms with Gasteiger partial charge >= 0.3 is 0 Å². The summed E-state index contributed by atoms with van der Waals surface area (Å²) in [6, 6.07) is 0. The van der Waals surface area contributed by atoms with E-state index in [-0.39, 0.29) is 19.5 Å². The van der Waals surface area contributed by atoms with E-state index in [1.165, 1.54) is 0 Å². The van der Waals surface area contributed by atoms with E-state index in [9.17, 15) is 0 Å². The van der Waals surface area contributed by atoms with Crippen LogP contribution in [0.4, 0.5) is 0 Å². The fourth-order valence-electron chi connectivity index (χ4n) is 0.228. The Bertz CT molecular complexity index is 48.8. The van der Waals surface area contributed by atoms with Gasteiger partial charge in [-0.2, -0.15) is 0 Å². The maximum Gasteiger partial charge on any atom is 0.122 e. The monoisotopic (exact) mass is 150 g/mol. The Kier molecular flexibility index (Phi) is 4.23. The van der Waals surface area contributed by atoms with Crippen molar-refractivity contribution in [3.8, 4) is 0 Å². The van der Waals surface area contributed by atoms with Gasteiger partial charge in [0.1, 0.15) is 5.55 Å². The van der Waals surface area contributed by atoms with Crippen molar-refractivity contribution in [3.63, 3.8) is 0 Å². The van der Waals surface area contributed by atoms with Crippen LogP contribution in [0.5, 0.6) is 0 Å². The summed E-state index contributed by atoms with van der Waals surface area (Å²) >= 11 is 1.66. The zero-order valence-corrected chi connectivity index (χ0v) is 7.26. The molecule has 0 aromatic rings. The third-order valence-electron chi connectivity index (χ3n) is 0.434. The predicted molar refractivity (Wildman–Crippen MR) is 24.8 cm³/mol. The molecule has 0 aromatic carbocycles. The molecular weight excluding hydrogens is 147 g/mol. The van der Waals surface area contributed by atoms with Crippen LogP contribution in [0.1, 0.15) is 0 Å². The van der Waals surface area contributed by atoms with Gasteiger partial charge in [0, 0.05) is 31.8 Å². The van der Waals surface area contributed by atoms with E-state index in [1.54, 1.807) is 11.8 Å². The summed E-state index contributed by atoms with van der Waals surface area (Å²) in [5.74, 6) is 1.14. The molecule has 0 atom stereocenters. The molecule has 0 aromatic heterocycles. The SMILES string of the molecule is [C]1=NCCS1.[Zn]. The Balaban J connectivity index is 0.000000250. The minimum atomic E-state index is 0. The molecule has 1 heterocycles. The first-order chi connectivity index (χ1) is 2.50. The third kappa shape index (κ3) is 1.94. The van der Waals surface area contributed by atoms with Crippen molar-refractivity contribution in [3.05, 3.63) is 0 Å². The van der Waals surface area contributed by atoms with E-state index in [2.05, 4.69) is 10.5 Å². The summed E-state index contributed by atoms with van der Waals surface area (Å²) in [6.07, 6.45) is 0. The molecule has 0 amide bonds. The van der Waals surface area contributed by atoms with Crippen LogP contribution < -0.4 is 0 Å². The summed E-state index contributed by atoms with van der Waals surface area (Å²) in [5, 5.41) is 0. The van der Waals surface area contributed by atoms with Gasteiger partial charge in [-0.3, -0.25) is 4.99 Å². The van der Waals surface area contributed by atoms with Crippen molar-refractivity contribution < 1.29 is 19.5 Å². The maximum atomic E-state index is 3.80. The third-order valence-corrected chi connectivity index (χ3v) is 1.08. The molecule has 0 aliphatic carbocycles. The van der Waals surface area contributed by atoms with Crippen molar-refractivity contribution in [2.45, 2.75) is 0 Å². The fraction of sp³-hybridized carbons (Fsp3) is 0.667. The topological polar surface area (TPSA) is 12.4 Å². The van der Waals surface area contributed by atoms with Crippen LogP contribution in [0.3, 0.4) is 0 Å². The Hall–Kier alpha value is 0.643. The zero-order chi connectivity index (χ0) is 3.54. The van der Waals surface area contributed by atoms with Crippen molar-refractivity contribution in [1.82, 2.24) is 0 Å². The number of rotatable bonds is 0. The van der Waals surface area contributed by atoms with Crippen molar-refractivity contribution in [1.29, 1.82) is 0 Å². The van der Waals surface area contributed by atoms with Crippen molar-refractivity contribution in [2.24, 2.45) is 4.99 Å². The molecule has 1 aliphatic heterocycles. The van der Waals surface area contributed by atoms with E-state index in [0.29, 0.717) is 0 Å². The predicted octanol–water partition coefficient (Wildman–Crippen LogP) is 0.636. The molecule has 1 nitrogen and oxygen atoms in total. The van der Waals surface area contributed by atoms with Gasteiger partial charge in [-0.15, -0.1) is 11.8 Å². The maximum absolute atomic E-state index is 3.80. The second-order valence-electron chi connectivity index (χ2n) is 0.821. The van der Waals surface area contributed by atoms with Gasteiger partial charge in [-0.25, -0.2) is 0 Å². The average Bonchev–Trinajstić information content (AvgIpc) is 1.76. The van der Waals surface area contributed by atoms with Gasteiger partial charge in [0.15, 0.2) is 0 Å². The van der Waals surface area contributed by atoms with Gasteiger partial charge in [-0.05, 0) is 0 Å². The van der Waals surface area contributed by atoms with Gasteiger partial charge in [0.05, 0.1) is 0 Å². The van der Waals surface area contributed by atoms with Crippen LogP contribution in [0.2, 0.25) is 0 Å². The smallest absolute Gasteiger partial charge is 0.122 e. The molecule has 0 bridgehead atoms. The Morgan fingerprint density at radius 3 is 2.67 bits per heavy atom. The van der Waals surface area contributed by atoms with Crippen LogP contribution in [0, 0.1) is 0 Å². The number of hydrogen-bond acceptors (Lipinski definition) is 2. The molecule has 1 rings (SSSR count). The van der Waals surface area contributed by atoms with Crippen LogP contribution in [0.15, 0.2) is 4.99 Å². The molecule has 0 unspecified atom stereocenters. The molecule has 0 fully saturated rings. The first-order valence-corrected chi connectivity index (χ1v) is 2.52. The normalized spacial score (nSPS) is 17.3. The summed E-state index contributed by atoms with van der Waals surface area (Å²) in [6.45, 7) is 0.977. The minimum Gasteiger partial charge on any atom is -0.275 e. The molecule has 6 heavy (non-hydrogen) atoms. The van der Waals surface area contributed by atoms with E-state index < -0.39 is 0 Å². The van der Waals surface area contributed by atoms with Crippen molar-refractivity contribution >= 4 is 17.3 Å². The van der Waals surface area contributed by atoms with Gasteiger partial charge < -0.3 is 0 Å². The Morgan fingerprint density at radius 2 is 2.50 bits per heavy atom. The summed E-state index contributed by atoms with van der Waals surface area (Å²) in [5.41, 5.74) is 2.76. The number of hydrogen-bond donors (Lipinski definition) is 0. The van der Waals surface area contributed by atoms with Crippen molar-refractivity contribution in [2.75, 3.05) is 12.3 Å². The van der Waals surface area contributed by atoms with E-state index in [4.69, 9.17) is 0 Å². The van der Waals surface area contributed by atoms with Crippen LogP contribution in [-0.4, -0.2) is 17.8 Å². The number of nitrogens with zero attached hydrogens (tertiary/aromatic N) is 1.